The third-order valence-electron chi connectivity index (χ3n) is 3.72. The molecule has 0 amide bonds. The summed E-state index contributed by atoms with van der Waals surface area (Å²) in [6.07, 6.45) is 2.94. The molecule has 1 N–H and O–H groups in total. The predicted octanol–water partition coefficient (Wildman–Crippen LogP) is 2.83. The maximum atomic E-state index is 4.53. The van der Waals surface area contributed by atoms with Crippen molar-refractivity contribution < 1.29 is 0 Å². The number of hydrogen-bond acceptors (Lipinski definition) is 3. The average Bonchev–Trinajstić information content (AvgIpc) is 2.89. The minimum absolute atomic E-state index is 0.825. The van der Waals surface area contributed by atoms with E-state index in [-0.39, 0.29) is 0 Å². The fraction of sp³-hybridized carbons (Fsp3) is 0.200. The van der Waals surface area contributed by atoms with Crippen molar-refractivity contribution in [2.75, 3.05) is 6.54 Å². The van der Waals surface area contributed by atoms with Crippen LogP contribution in [0.4, 0.5) is 0 Å². The van der Waals surface area contributed by atoms with Crippen molar-refractivity contribution in [2.45, 2.75) is 13.0 Å². The molecule has 0 radical (unpaired) electrons. The van der Waals surface area contributed by atoms with Crippen molar-refractivity contribution >= 4 is 27.1 Å². The van der Waals surface area contributed by atoms with Gasteiger partial charge in [0.25, 0.3) is 0 Å². The molecule has 2 aromatic heterocycles. The molecule has 0 bridgehead atoms. The van der Waals surface area contributed by atoms with Crippen LogP contribution >= 0.6 is 15.9 Å². The topological polar surface area (TPSA) is 42.7 Å². The molecule has 0 unspecified atom stereocenters. The maximum absolute atomic E-state index is 4.53. The molecule has 20 heavy (non-hydrogen) atoms. The van der Waals surface area contributed by atoms with Crippen LogP contribution in [-0.2, 0) is 13.0 Å². The summed E-state index contributed by atoms with van der Waals surface area (Å²) in [6, 6.07) is 10.5. The van der Waals surface area contributed by atoms with Gasteiger partial charge >= 0.3 is 0 Å². The zero-order chi connectivity index (χ0) is 13.5. The Morgan fingerprint density at radius 1 is 1.15 bits per heavy atom. The first kappa shape index (κ1) is 12.1. The van der Waals surface area contributed by atoms with Gasteiger partial charge in [-0.1, -0.05) is 6.07 Å². The third-order valence-corrected chi connectivity index (χ3v) is 4.16. The molecule has 4 rings (SSSR count). The summed E-state index contributed by atoms with van der Waals surface area (Å²) in [5.41, 5.74) is 5.70. The quantitative estimate of drug-likeness (QED) is 0.698. The average molecular weight is 329 g/mol. The summed E-state index contributed by atoms with van der Waals surface area (Å²) in [5.74, 6) is 0. The minimum atomic E-state index is 0.825. The van der Waals surface area contributed by atoms with Gasteiger partial charge in [0.2, 0.25) is 0 Å². The Morgan fingerprint density at radius 3 is 3.05 bits per heavy atom. The van der Waals surface area contributed by atoms with Gasteiger partial charge in [-0.2, -0.15) is 0 Å². The van der Waals surface area contributed by atoms with Gasteiger partial charge in [0, 0.05) is 12.2 Å². The lowest BCUT2D eigenvalue weighted by Crippen LogP contribution is -2.23. The number of aromatic nitrogens is 3. The van der Waals surface area contributed by atoms with Crippen LogP contribution in [0.25, 0.3) is 16.9 Å². The smallest absolute Gasteiger partial charge is 0.165 e. The summed E-state index contributed by atoms with van der Waals surface area (Å²) in [6.45, 7) is 2.00. The lowest BCUT2D eigenvalue weighted by atomic mass is 10.0. The van der Waals surface area contributed by atoms with Crippen LogP contribution < -0.4 is 5.32 Å². The van der Waals surface area contributed by atoms with Gasteiger partial charge in [0.1, 0.15) is 16.4 Å². The largest absolute Gasteiger partial charge is 0.312 e. The van der Waals surface area contributed by atoms with Gasteiger partial charge < -0.3 is 5.32 Å². The number of imidazole rings is 1. The first-order chi connectivity index (χ1) is 9.81. The highest BCUT2D eigenvalue weighted by atomic mass is 79.9. The van der Waals surface area contributed by atoms with Gasteiger partial charge in [-0.25, -0.2) is 9.97 Å². The Balaban J connectivity index is 1.88. The van der Waals surface area contributed by atoms with E-state index in [2.05, 4.69) is 49.4 Å². The van der Waals surface area contributed by atoms with Crippen LogP contribution in [-0.4, -0.2) is 21.1 Å². The number of halogens is 1. The van der Waals surface area contributed by atoms with E-state index < -0.39 is 0 Å². The molecule has 3 heterocycles. The van der Waals surface area contributed by atoms with E-state index in [4.69, 9.17) is 0 Å². The SMILES string of the molecule is Brc1ccc2ncn(-c3ccc4c(c3)CNCC4)c2n1. The Kier molecular flexibility index (Phi) is 2.82. The van der Waals surface area contributed by atoms with Crippen molar-refractivity contribution in [3.8, 4) is 5.69 Å². The number of nitrogens with one attached hydrogen (secondary N) is 1. The zero-order valence-electron chi connectivity index (χ0n) is 10.8. The maximum Gasteiger partial charge on any atom is 0.165 e. The highest BCUT2D eigenvalue weighted by molar-refractivity contribution is 9.10. The van der Waals surface area contributed by atoms with E-state index in [9.17, 15) is 0 Å². The van der Waals surface area contributed by atoms with Crippen molar-refractivity contribution in [3.05, 3.63) is 52.4 Å². The number of nitrogens with zero attached hydrogens (tertiary/aromatic N) is 3. The molecule has 5 heteroatoms. The zero-order valence-corrected chi connectivity index (χ0v) is 12.4. The molecule has 0 atom stereocenters. The van der Waals surface area contributed by atoms with Crippen LogP contribution in [0, 0.1) is 0 Å². The number of fused-ring (bicyclic) bond motifs is 2. The summed E-state index contributed by atoms with van der Waals surface area (Å²) in [7, 11) is 0. The number of hydrogen-bond donors (Lipinski definition) is 1. The Hall–Kier alpha value is -1.72. The molecule has 0 saturated heterocycles. The molecule has 1 aliphatic rings. The van der Waals surface area contributed by atoms with Gasteiger partial charge in [-0.05, 0) is 64.3 Å². The molecule has 3 aromatic rings. The van der Waals surface area contributed by atoms with Crippen LogP contribution in [0.3, 0.4) is 0 Å². The van der Waals surface area contributed by atoms with E-state index in [1.165, 1.54) is 11.1 Å². The molecule has 100 valence electrons. The molecule has 0 saturated carbocycles. The Morgan fingerprint density at radius 2 is 2.10 bits per heavy atom. The van der Waals surface area contributed by atoms with Crippen LogP contribution in [0.1, 0.15) is 11.1 Å². The lowest BCUT2D eigenvalue weighted by Gasteiger charge is -2.18. The van der Waals surface area contributed by atoms with Gasteiger partial charge in [-0.15, -0.1) is 0 Å². The molecular weight excluding hydrogens is 316 g/mol. The molecule has 0 aliphatic carbocycles. The van der Waals surface area contributed by atoms with Gasteiger partial charge in [-0.3, -0.25) is 4.57 Å². The van der Waals surface area contributed by atoms with Crippen LogP contribution in [0.2, 0.25) is 0 Å². The number of rotatable bonds is 1. The number of pyridine rings is 1. The van der Waals surface area contributed by atoms with E-state index in [0.717, 1.165) is 41.0 Å². The lowest BCUT2D eigenvalue weighted by molar-refractivity contribution is 0.643. The predicted molar refractivity (Wildman–Crippen MR) is 82.0 cm³/mol. The standard InChI is InChI=1S/C15H13BrN4/c16-14-4-3-13-15(19-14)20(9-18-13)12-2-1-10-5-6-17-8-11(10)7-12/h1-4,7,9,17H,5-6,8H2. The molecule has 1 aliphatic heterocycles. The molecule has 0 fully saturated rings. The van der Waals surface area contributed by atoms with Crippen LogP contribution in [0.5, 0.6) is 0 Å². The second-order valence-corrected chi connectivity index (χ2v) is 5.78. The molecule has 4 nitrogen and oxygen atoms in total. The normalized spacial score (nSPS) is 14.4. The molecule has 1 aromatic carbocycles. The van der Waals surface area contributed by atoms with Gasteiger partial charge in [0.15, 0.2) is 5.65 Å². The highest BCUT2D eigenvalue weighted by Gasteiger charge is 2.11. The summed E-state index contributed by atoms with van der Waals surface area (Å²) < 4.78 is 2.86. The molecule has 0 spiro atoms. The fourth-order valence-corrected chi connectivity index (χ4v) is 2.98. The van der Waals surface area contributed by atoms with E-state index in [1.54, 1.807) is 0 Å². The summed E-state index contributed by atoms with van der Waals surface area (Å²) in [4.78, 5) is 8.94. The second-order valence-electron chi connectivity index (χ2n) is 4.97. The third kappa shape index (κ3) is 1.94. The van der Waals surface area contributed by atoms with E-state index in [0.29, 0.717) is 0 Å². The van der Waals surface area contributed by atoms with Crippen molar-refractivity contribution in [1.29, 1.82) is 0 Å². The van der Waals surface area contributed by atoms with E-state index >= 15 is 0 Å². The van der Waals surface area contributed by atoms with Crippen LogP contribution in [0.15, 0.2) is 41.3 Å². The van der Waals surface area contributed by atoms with Gasteiger partial charge in [0.05, 0.1) is 0 Å². The first-order valence-corrected chi connectivity index (χ1v) is 7.43. The van der Waals surface area contributed by atoms with Crippen molar-refractivity contribution in [2.24, 2.45) is 0 Å². The Labute approximate surface area is 125 Å². The van der Waals surface area contributed by atoms with E-state index in [1.807, 2.05) is 23.0 Å². The Bertz CT molecular complexity index is 794. The summed E-state index contributed by atoms with van der Waals surface area (Å²) in [5, 5.41) is 3.41. The van der Waals surface area contributed by atoms with Crippen molar-refractivity contribution in [3.63, 3.8) is 0 Å². The highest BCUT2D eigenvalue weighted by Crippen LogP contribution is 2.22. The minimum Gasteiger partial charge on any atom is -0.312 e. The van der Waals surface area contributed by atoms with Crippen molar-refractivity contribution in [1.82, 2.24) is 19.9 Å². The second kappa shape index (κ2) is 4.68. The summed E-state index contributed by atoms with van der Waals surface area (Å²) >= 11 is 3.42. The molecular formula is C15H13BrN4. The first-order valence-electron chi connectivity index (χ1n) is 6.64. The number of benzene rings is 1. The fourth-order valence-electron chi connectivity index (χ4n) is 2.68. The monoisotopic (exact) mass is 328 g/mol.